The average molecular weight is 550 g/mol. The smallest absolute Gasteiger partial charge is 0.321 e. The van der Waals surface area contributed by atoms with Gasteiger partial charge in [0.15, 0.2) is 5.13 Å². The molecule has 0 saturated carbocycles. The fourth-order valence-electron chi connectivity index (χ4n) is 4.47. The second kappa shape index (κ2) is 10.9. The number of pyridine rings is 1. The summed E-state index contributed by atoms with van der Waals surface area (Å²) >= 11 is 2.80. The molecule has 0 bridgehead atoms. The lowest BCUT2D eigenvalue weighted by Crippen LogP contribution is -2.47. The van der Waals surface area contributed by atoms with Crippen LogP contribution in [0.25, 0.3) is 32.6 Å². The van der Waals surface area contributed by atoms with Crippen LogP contribution in [0.3, 0.4) is 0 Å². The van der Waals surface area contributed by atoms with E-state index in [1.165, 1.54) is 23.1 Å². The lowest BCUT2D eigenvalue weighted by atomic mass is 9.96. The van der Waals surface area contributed by atoms with Crippen molar-refractivity contribution in [2.45, 2.75) is 24.5 Å². The van der Waals surface area contributed by atoms with Crippen molar-refractivity contribution in [1.82, 2.24) is 25.3 Å². The van der Waals surface area contributed by atoms with Gasteiger partial charge in [0.1, 0.15) is 4.75 Å². The molecule has 1 aliphatic rings. The average Bonchev–Trinajstić information content (AvgIpc) is 3.35. The van der Waals surface area contributed by atoms with E-state index >= 15 is 0 Å². The number of thiazole rings is 1. The van der Waals surface area contributed by atoms with Crippen LogP contribution in [0.1, 0.15) is 19.8 Å². The number of hydrogen-bond acceptors (Lipinski definition) is 9. The topological polar surface area (TPSA) is 133 Å². The number of aromatic nitrogens is 4. The number of aliphatic carboxylic acids is 1. The molecule has 38 heavy (non-hydrogen) atoms. The van der Waals surface area contributed by atoms with Crippen LogP contribution in [0, 0.1) is 0 Å². The Morgan fingerprint density at radius 2 is 1.89 bits per heavy atom. The van der Waals surface area contributed by atoms with Gasteiger partial charge in [-0.05, 0) is 55.9 Å². The van der Waals surface area contributed by atoms with Crippen LogP contribution in [0.2, 0.25) is 0 Å². The number of carbonyl (C=O) groups is 2. The van der Waals surface area contributed by atoms with Crippen molar-refractivity contribution in [2.24, 2.45) is 0 Å². The number of anilines is 2. The second-order valence-corrected chi connectivity index (χ2v) is 11.0. The molecule has 196 valence electrons. The number of carboxylic acid groups (broad SMARTS) is 1. The van der Waals surface area contributed by atoms with Gasteiger partial charge < -0.3 is 15.3 Å². The third-order valence-corrected chi connectivity index (χ3v) is 8.98. The highest BCUT2D eigenvalue weighted by Gasteiger charge is 2.41. The number of piperidine rings is 1. The fraction of sp³-hybridized carbons (Fsp3) is 0.308. The summed E-state index contributed by atoms with van der Waals surface area (Å²) in [5.41, 5.74) is 4.14. The summed E-state index contributed by atoms with van der Waals surface area (Å²) in [4.78, 5) is 44.3. The largest absolute Gasteiger partial charge is 0.480 e. The summed E-state index contributed by atoms with van der Waals surface area (Å²) in [6.45, 7) is 3.55. The molecule has 5 rings (SSSR count). The maximum absolute atomic E-state index is 12.1. The highest BCUT2D eigenvalue weighted by atomic mass is 32.2. The summed E-state index contributed by atoms with van der Waals surface area (Å²) in [6, 6.07) is 9.44. The Balaban J connectivity index is 1.45. The zero-order valence-corrected chi connectivity index (χ0v) is 22.6. The molecule has 1 aromatic carbocycles. The fourth-order valence-corrected chi connectivity index (χ4v) is 6.20. The number of nitrogens with one attached hydrogen (secondary N) is 2. The molecule has 4 aromatic rings. The molecule has 4 heterocycles. The van der Waals surface area contributed by atoms with Gasteiger partial charge in [-0.15, -0.1) is 11.8 Å². The number of hydrogen-bond donors (Lipinski definition) is 3. The predicted molar refractivity (Wildman–Crippen MR) is 152 cm³/mol. The molecule has 1 saturated heterocycles. The van der Waals surface area contributed by atoms with Gasteiger partial charge in [0, 0.05) is 49.4 Å². The molecule has 2 amide bonds. The Morgan fingerprint density at radius 3 is 2.53 bits per heavy atom. The molecule has 1 aliphatic heterocycles. The Morgan fingerprint density at radius 1 is 1.13 bits per heavy atom. The maximum Gasteiger partial charge on any atom is 0.321 e. The van der Waals surface area contributed by atoms with Crippen molar-refractivity contribution >= 4 is 56.4 Å². The number of amides is 2. The van der Waals surface area contributed by atoms with Crippen LogP contribution in [-0.2, 0) is 4.79 Å². The SMILES string of the molecule is CCNC(=O)Nc1nc2cc(-c3cnc(N4CCC(SC)(C(=O)O)CC4)nc3)cc(-c3ccccn3)c2s1. The third-order valence-electron chi connectivity index (χ3n) is 6.59. The van der Waals surface area contributed by atoms with E-state index in [0.29, 0.717) is 43.6 Å². The van der Waals surface area contributed by atoms with E-state index in [4.69, 9.17) is 0 Å². The second-order valence-electron chi connectivity index (χ2n) is 8.85. The van der Waals surface area contributed by atoms with Gasteiger partial charge >= 0.3 is 12.0 Å². The van der Waals surface area contributed by atoms with Gasteiger partial charge in [0.05, 0.1) is 15.9 Å². The van der Waals surface area contributed by atoms with Crippen LogP contribution < -0.4 is 15.5 Å². The minimum Gasteiger partial charge on any atom is -0.480 e. The Hall–Kier alpha value is -3.77. The lowest BCUT2D eigenvalue weighted by Gasteiger charge is -2.37. The molecule has 3 aromatic heterocycles. The summed E-state index contributed by atoms with van der Waals surface area (Å²) in [6.07, 6.45) is 8.23. The van der Waals surface area contributed by atoms with Crippen molar-refractivity contribution in [3.05, 3.63) is 48.9 Å². The van der Waals surface area contributed by atoms with Gasteiger partial charge in [-0.2, -0.15) is 0 Å². The van der Waals surface area contributed by atoms with Gasteiger partial charge in [0.2, 0.25) is 5.95 Å². The Labute approximate surface area is 227 Å². The number of carbonyl (C=O) groups excluding carboxylic acids is 1. The molecular weight excluding hydrogens is 522 g/mol. The summed E-state index contributed by atoms with van der Waals surface area (Å²) in [7, 11) is 0. The lowest BCUT2D eigenvalue weighted by molar-refractivity contribution is -0.140. The van der Waals surface area contributed by atoms with E-state index in [9.17, 15) is 14.7 Å². The summed E-state index contributed by atoms with van der Waals surface area (Å²) < 4.78 is 0.174. The molecule has 0 aliphatic carbocycles. The van der Waals surface area contributed by atoms with Gasteiger partial charge in [-0.3, -0.25) is 15.1 Å². The van der Waals surface area contributed by atoms with Gasteiger partial charge in [-0.25, -0.2) is 19.7 Å². The standard InChI is InChI=1S/C26H27N7O3S2/c1-3-27-24(36)32-25-31-20-13-16(12-18(21(20)38-25)19-6-4-5-9-28-19)17-14-29-23(30-15-17)33-10-7-26(37-2,8-11-33)22(34)35/h4-6,9,12-15H,3,7-8,10-11H2,1-2H3,(H,34,35)(H2,27,31,32,36). The first-order valence-corrected chi connectivity index (χ1v) is 14.2. The number of urea groups is 1. The molecule has 0 unspecified atom stereocenters. The molecule has 10 nitrogen and oxygen atoms in total. The zero-order valence-electron chi connectivity index (χ0n) is 21.0. The van der Waals surface area contributed by atoms with Crippen LogP contribution in [0.5, 0.6) is 0 Å². The van der Waals surface area contributed by atoms with Gasteiger partial charge in [0.25, 0.3) is 0 Å². The number of benzene rings is 1. The first-order chi connectivity index (χ1) is 18.4. The quantitative estimate of drug-likeness (QED) is 0.299. The number of carboxylic acids is 1. The molecule has 1 fully saturated rings. The van der Waals surface area contributed by atoms with E-state index in [1.54, 1.807) is 18.6 Å². The Bertz CT molecular complexity index is 1450. The molecule has 3 N–H and O–H groups in total. The van der Waals surface area contributed by atoms with E-state index in [-0.39, 0.29) is 6.03 Å². The van der Waals surface area contributed by atoms with Crippen molar-refractivity contribution in [3.8, 4) is 22.4 Å². The van der Waals surface area contributed by atoms with Crippen molar-refractivity contribution < 1.29 is 14.7 Å². The Kier molecular flexibility index (Phi) is 7.43. The molecule has 0 spiro atoms. The summed E-state index contributed by atoms with van der Waals surface area (Å²) in [5.74, 6) is -0.173. The van der Waals surface area contributed by atoms with Gasteiger partial charge in [-0.1, -0.05) is 17.4 Å². The molecule has 0 atom stereocenters. The highest BCUT2D eigenvalue weighted by Crippen LogP contribution is 2.39. The van der Waals surface area contributed by atoms with Crippen molar-refractivity contribution in [2.75, 3.05) is 36.1 Å². The minimum absolute atomic E-state index is 0.300. The molecular formula is C26H27N7O3S2. The monoisotopic (exact) mass is 549 g/mol. The summed E-state index contributed by atoms with van der Waals surface area (Å²) in [5, 5.41) is 15.7. The van der Waals surface area contributed by atoms with E-state index in [0.717, 1.165) is 32.6 Å². The van der Waals surface area contributed by atoms with E-state index in [2.05, 4.69) is 30.6 Å². The normalized spacial score (nSPS) is 14.8. The highest BCUT2D eigenvalue weighted by molar-refractivity contribution is 8.00. The molecule has 12 heteroatoms. The maximum atomic E-state index is 12.1. The van der Waals surface area contributed by atoms with Crippen LogP contribution >= 0.6 is 23.1 Å². The van der Waals surface area contributed by atoms with Crippen LogP contribution in [0.4, 0.5) is 15.9 Å². The zero-order chi connectivity index (χ0) is 26.7. The number of fused-ring (bicyclic) bond motifs is 1. The van der Waals surface area contributed by atoms with Crippen LogP contribution in [-0.4, -0.2) is 67.7 Å². The van der Waals surface area contributed by atoms with E-state index < -0.39 is 10.7 Å². The molecule has 0 radical (unpaired) electrons. The minimum atomic E-state index is -0.758. The van der Waals surface area contributed by atoms with Crippen molar-refractivity contribution in [3.63, 3.8) is 0 Å². The number of rotatable bonds is 7. The third kappa shape index (κ3) is 5.14. The first kappa shape index (κ1) is 25.9. The predicted octanol–water partition coefficient (Wildman–Crippen LogP) is 4.74. The number of nitrogens with zero attached hydrogens (tertiary/aromatic N) is 5. The first-order valence-electron chi connectivity index (χ1n) is 12.2. The van der Waals surface area contributed by atoms with Crippen LogP contribution in [0.15, 0.2) is 48.9 Å². The number of thioether (sulfide) groups is 1. The van der Waals surface area contributed by atoms with E-state index in [1.807, 2.05) is 48.4 Å². The van der Waals surface area contributed by atoms with Crippen molar-refractivity contribution in [1.29, 1.82) is 0 Å².